The maximum absolute atomic E-state index is 13.2. The van der Waals surface area contributed by atoms with Gasteiger partial charge in [-0.25, -0.2) is 0 Å². The van der Waals surface area contributed by atoms with E-state index >= 15 is 0 Å². The molecule has 2 aliphatic heterocycles. The van der Waals surface area contributed by atoms with Crippen LogP contribution in [0.25, 0.3) is 0 Å². The Bertz CT molecular complexity index is 973. The van der Waals surface area contributed by atoms with Crippen LogP contribution in [0.5, 0.6) is 0 Å². The number of rotatable bonds is 6. The molecule has 2 saturated heterocycles. The molecule has 2 N–H and O–H groups in total. The average Bonchev–Trinajstić information content (AvgIpc) is 2.82. The third kappa shape index (κ3) is 7.27. The lowest BCUT2D eigenvalue weighted by Crippen LogP contribution is -2.55. The molecule has 35 heavy (non-hydrogen) atoms. The molecule has 0 unspecified atom stereocenters. The molecule has 2 fully saturated rings. The molecule has 0 aliphatic carbocycles. The molecule has 1 amide bonds. The summed E-state index contributed by atoms with van der Waals surface area (Å²) in [6.45, 7) is 1.35. The van der Waals surface area contributed by atoms with Gasteiger partial charge in [-0.2, -0.15) is 13.2 Å². The third-order valence-electron chi connectivity index (χ3n) is 6.47. The van der Waals surface area contributed by atoms with E-state index < -0.39 is 17.8 Å². The Morgan fingerprint density at radius 2 is 1.83 bits per heavy atom. The number of carbonyl (C=O) groups is 1. The molecule has 6 nitrogen and oxygen atoms in total. The van der Waals surface area contributed by atoms with Crippen molar-refractivity contribution in [3.8, 4) is 0 Å². The molecule has 190 valence electrons. The van der Waals surface area contributed by atoms with Gasteiger partial charge in [-0.3, -0.25) is 9.69 Å². The number of hydrogen-bond donors (Lipinski definition) is 2. The largest absolute Gasteiger partial charge is 0.416 e. The number of nitrogens with zero attached hydrogens (tertiary/aromatic N) is 1. The van der Waals surface area contributed by atoms with E-state index in [0.717, 1.165) is 17.7 Å². The monoisotopic (exact) mass is 492 g/mol. The third-order valence-corrected chi connectivity index (χ3v) is 6.47. The second kappa shape index (κ2) is 11.5. The van der Waals surface area contributed by atoms with Gasteiger partial charge in [0.1, 0.15) is 0 Å². The summed E-state index contributed by atoms with van der Waals surface area (Å²) >= 11 is 0. The maximum atomic E-state index is 13.2. The lowest BCUT2D eigenvalue weighted by molar-refractivity contribution is -0.158. The zero-order valence-corrected chi connectivity index (χ0v) is 19.4. The van der Waals surface area contributed by atoms with E-state index in [9.17, 15) is 23.1 Å². The Kier molecular flexibility index (Phi) is 8.43. The number of halogens is 3. The molecule has 9 heteroatoms. The van der Waals surface area contributed by atoms with Gasteiger partial charge in [0.05, 0.1) is 43.5 Å². The molecule has 0 saturated carbocycles. The number of fused-ring (bicyclic) bond motifs is 1. The molecule has 2 aromatic carbocycles. The van der Waals surface area contributed by atoms with Crippen LogP contribution in [0.2, 0.25) is 0 Å². The molecule has 0 radical (unpaired) electrons. The minimum Gasteiger partial charge on any atom is -0.389 e. The number of hydrogen-bond acceptors (Lipinski definition) is 5. The highest BCUT2D eigenvalue weighted by Crippen LogP contribution is 2.32. The number of carbonyl (C=O) groups excluding carboxylic acids is 1. The SMILES string of the molecule is O=C(C[C@@H]1CC[C@H]2[C@@H](COC[C@H](O)CN2Cc2cccc(C(F)(F)F)c2)O1)NCc1ccccc1. The van der Waals surface area contributed by atoms with Crippen LogP contribution in [0.3, 0.4) is 0 Å². The Morgan fingerprint density at radius 3 is 2.60 bits per heavy atom. The van der Waals surface area contributed by atoms with Crippen molar-refractivity contribution in [2.75, 3.05) is 19.8 Å². The highest BCUT2D eigenvalue weighted by molar-refractivity contribution is 5.76. The topological polar surface area (TPSA) is 71.0 Å². The van der Waals surface area contributed by atoms with Crippen LogP contribution >= 0.6 is 0 Å². The summed E-state index contributed by atoms with van der Waals surface area (Å²) < 4.78 is 51.4. The molecule has 2 aromatic rings. The van der Waals surface area contributed by atoms with Crippen LogP contribution in [0, 0.1) is 0 Å². The van der Waals surface area contributed by atoms with E-state index in [4.69, 9.17) is 9.47 Å². The first-order valence-corrected chi connectivity index (χ1v) is 11.9. The number of benzene rings is 2. The van der Waals surface area contributed by atoms with Crippen LogP contribution in [-0.4, -0.2) is 60.0 Å². The number of alkyl halides is 3. The first-order valence-electron chi connectivity index (χ1n) is 11.9. The predicted octanol–water partition coefficient (Wildman–Crippen LogP) is 3.52. The zero-order valence-electron chi connectivity index (χ0n) is 19.4. The van der Waals surface area contributed by atoms with Crippen molar-refractivity contribution in [2.24, 2.45) is 0 Å². The van der Waals surface area contributed by atoms with Gasteiger partial charge in [-0.1, -0.05) is 48.5 Å². The minimum atomic E-state index is -4.41. The Labute approximate surface area is 203 Å². The fourth-order valence-electron chi connectivity index (χ4n) is 4.78. The summed E-state index contributed by atoms with van der Waals surface area (Å²) in [6, 6.07) is 14.8. The van der Waals surface area contributed by atoms with Crippen LogP contribution in [0.15, 0.2) is 54.6 Å². The highest BCUT2D eigenvalue weighted by atomic mass is 19.4. The quantitative estimate of drug-likeness (QED) is 0.646. The van der Waals surface area contributed by atoms with E-state index in [2.05, 4.69) is 5.32 Å². The normalized spacial score (nSPS) is 25.8. The molecular weight excluding hydrogens is 461 g/mol. The average molecular weight is 493 g/mol. The van der Waals surface area contributed by atoms with E-state index in [1.54, 1.807) is 6.07 Å². The number of aliphatic hydroxyl groups is 1. The molecule has 0 spiro atoms. The molecule has 4 atom stereocenters. The smallest absolute Gasteiger partial charge is 0.389 e. The summed E-state index contributed by atoms with van der Waals surface area (Å²) in [5.41, 5.74) is 0.848. The zero-order chi connectivity index (χ0) is 24.8. The second-order valence-electron chi connectivity index (χ2n) is 9.23. The number of nitrogens with one attached hydrogen (secondary N) is 1. The van der Waals surface area contributed by atoms with E-state index in [1.807, 2.05) is 35.2 Å². The van der Waals surface area contributed by atoms with Crippen LogP contribution in [-0.2, 0) is 33.5 Å². The predicted molar refractivity (Wildman–Crippen MR) is 123 cm³/mol. The van der Waals surface area contributed by atoms with Gasteiger partial charge in [0.15, 0.2) is 0 Å². The first kappa shape index (κ1) is 25.6. The van der Waals surface area contributed by atoms with Crippen molar-refractivity contribution in [3.05, 3.63) is 71.3 Å². The number of amides is 1. The second-order valence-corrected chi connectivity index (χ2v) is 9.23. The number of β-amino-alcohol motifs (C(OH)–C–C–N with tert-alkyl or cyclic N) is 1. The van der Waals surface area contributed by atoms with Crippen molar-refractivity contribution < 1.29 is 32.5 Å². The van der Waals surface area contributed by atoms with Gasteiger partial charge in [0, 0.05) is 25.7 Å². The standard InChI is InChI=1S/C26H31F3N2O4/c27-26(28,29)20-8-4-7-19(11-20)14-31-15-21(32)16-34-17-24-23(31)10-9-22(35-24)12-25(33)30-13-18-5-2-1-3-6-18/h1-8,11,21-24,32H,9-10,12-17H2,(H,30,33)/t21-,22+,23+,24-/m1/s1. The first-order chi connectivity index (χ1) is 16.8. The lowest BCUT2D eigenvalue weighted by Gasteiger charge is -2.44. The van der Waals surface area contributed by atoms with Gasteiger partial charge < -0.3 is 19.9 Å². The summed E-state index contributed by atoms with van der Waals surface area (Å²) in [5.74, 6) is -0.0969. The molecule has 2 heterocycles. The van der Waals surface area contributed by atoms with Crippen molar-refractivity contribution in [3.63, 3.8) is 0 Å². The van der Waals surface area contributed by atoms with Gasteiger partial charge in [-0.15, -0.1) is 0 Å². The van der Waals surface area contributed by atoms with Crippen molar-refractivity contribution in [2.45, 2.75) is 62.9 Å². The van der Waals surface area contributed by atoms with Crippen LogP contribution < -0.4 is 5.32 Å². The maximum Gasteiger partial charge on any atom is 0.416 e. The van der Waals surface area contributed by atoms with E-state index in [0.29, 0.717) is 24.9 Å². The summed E-state index contributed by atoms with van der Waals surface area (Å²) in [6.07, 6.45) is -4.21. The summed E-state index contributed by atoms with van der Waals surface area (Å²) in [7, 11) is 0. The van der Waals surface area contributed by atoms with E-state index in [1.165, 1.54) is 6.07 Å². The van der Waals surface area contributed by atoms with Crippen molar-refractivity contribution >= 4 is 5.91 Å². The Balaban J connectivity index is 1.38. The lowest BCUT2D eigenvalue weighted by atomic mass is 9.94. The molecule has 4 rings (SSSR count). The van der Waals surface area contributed by atoms with Gasteiger partial charge >= 0.3 is 6.18 Å². The van der Waals surface area contributed by atoms with Crippen molar-refractivity contribution in [1.29, 1.82) is 0 Å². The summed E-state index contributed by atoms with van der Waals surface area (Å²) in [4.78, 5) is 14.5. The fourth-order valence-corrected chi connectivity index (χ4v) is 4.78. The fraction of sp³-hybridized carbons (Fsp3) is 0.500. The highest BCUT2D eigenvalue weighted by Gasteiger charge is 2.38. The van der Waals surface area contributed by atoms with Crippen molar-refractivity contribution in [1.82, 2.24) is 10.2 Å². The van der Waals surface area contributed by atoms with Crippen LogP contribution in [0.1, 0.15) is 36.0 Å². The molecule has 2 aliphatic rings. The minimum absolute atomic E-state index is 0.0969. The molecule has 0 aromatic heterocycles. The Morgan fingerprint density at radius 1 is 1.06 bits per heavy atom. The Hall–Kier alpha value is -2.46. The van der Waals surface area contributed by atoms with Crippen LogP contribution in [0.4, 0.5) is 13.2 Å². The van der Waals surface area contributed by atoms with Gasteiger partial charge in [0.2, 0.25) is 5.91 Å². The number of ether oxygens (including phenoxy) is 2. The number of aliphatic hydroxyl groups excluding tert-OH is 1. The molecular formula is C26H31F3N2O4. The molecule has 0 bridgehead atoms. The van der Waals surface area contributed by atoms with E-state index in [-0.39, 0.29) is 56.9 Å². The van der Waals surface area contributed by atoms with Gasteiger partial charge in [0.25, 0.3) is 0 Å². The van der Waals surface area contributed by atoms with Gasteiger partial charge in [-0.05, 0) is 30.0 Å². The summed E-state index contributed by atoms with van der Waals surface area (Å²) in [5, 5.41) is 13.2.